The van der Waals surface area contributed by atoms with Crippen LogP contribution in [-0.4, -0.2) is 70.7 Å². The van der Waals surface area contributed by atoms with Crippen molar-refractivity contribution in [2.24, 2.45) is 0 Å². The van der Waals surface area contributed by atoms with Gasteiger partial charge < -0.3 is 20.3 Å². The number of piperidine rings is 1. The number of aromatic nitrogens is 3. The molecule has 0 bridgehead atoms. The van der Waals surface area contributed by atoms with Crippen LogP contribution in [0, 0.1) is 0 Å². The average Bonchev–Trinajstić information content (AvgIpc) is 3.23. The molecule has 3 heterocycles. The van der Waals surface area contributed by atoms with E-state index in [1.54, 1.807) is 15.8 Å². The zero-order valence-electron chi connectivity index (χ0n) is 13.7. The summed E-state index contributed by atoms with van der Waals surface area (Å²) in [6.45, 7) is 3.62. The number of carbonyl (C=O) groups is 2. The molecule has 132 valence electrons. The Morgan fingerprint density at radius 2 is 2.33 bits per heavy atom. The molecule has 1 aromatic heterocycles. The molecule has 0 aromatic carbocycles. The minimum absolute atomic E-state index is 0.274. The maximum atomic E-state index is 12.0. The van der Waals surface area contributed by atoms with E-state index < -0.39 is 0 Å². The Hall–Kier alpha value is -2.16. The summed E-state index contributed by atoms with van der Waals surface area (Å²) in [5.41, 5.74) is 0.301. The zero-order valence-corrected chi connectivity index (χ0v) is 13.7. The molecule has 1 aromatic rings. The highest BCUT2D eigenvalue weighted by atomic mass is 16.6. The third-order valence-electron chi connectivity index (χ3n) is 4.40. The molecule has 0 saturated carbocycles. The molecule has 9 heteroatoms. The summed E-state index contributed by atoms with van der Waals surface area (Å²) in [4.78, 5) is 24.9. The maximum absolute atomic E-state index is 12.0. The van der Waals surface area contributed by atoms with E-state index in [1.165, 1.54) is 19.3 Å². The predicted molar refractivity (Wildman–Crippen MR) is 85.5 cm³/mol. The van der Waals surface area contributed by atoms with Crippen molar-refractivity contribution in [3.63, 3.8) is 0 Å². The van der Waals surface area contributed by atoms with E-state index >= 15 is 0 Å². The Morgan fingerprint density at radius 3 is 3.08 bits per heavy atom. The summed E-state index contributed by atoms with van der Waals surface area (Å²) < 4.78 is 6.54. The summed E-state index contributed by atoms with van der Waals surface area (Å²) in [7, 11) is 0. The first kappa shape index (κ1) is 16.7. The number of ether oxygens (including phenoxy) is 1. The number of hydrogen-bond donors (Lipinski definition) is 2. The fourth-order valence-electron chi connectivity index (χ4n) is 2.99. The van der Waals surface area contributed by atoms with Crippen molar-refractivity contribution in [2.75, 3.05) is 32.8 Å². The summed E-state index contributed by atoms with van der Waals surface area (Å²) in [6.07, 6.45) is 6.05. The van der Waals surface area contributed by atoms with Gasteiger partial charge in [-0.25, -0.2) is 4.79 Å². The van der Waals surface area contributed by atoms with Crippen LogP contribution >= 0.6 is 0 Å². The Bertz CT molecular complexity index is 569. The molecule has 2 fully saturated rings. The average molecular weight is 336 g/mol. The van der Waals surface area contributed by atoms with Crippen molar-refractivity contribution in [3.8, 4) is 0 Å². The lowest BCUT2D eigenvalue weighted by molar-refractivity contribution is 0.0943. The molecule has 2 amide bonds. The third-order valence-corrected chi connectivity index (χ3v) is 4.40. The van der Waals surface area contributed by atoms with Crippen molar-refractivity contribution in [2.45, 2.75) is 38.3 Å². The van der Waals surface area contributed by atoms with Crippen LogP contribution in [0.1, 0.15) is 36.2 Å². The Balaban J connectivity index is 1.39. The fourth-order valence-corrected chi connectivity index (χ4v) is 2.99. The standard InChI is InChI=1S/C15H24N6O3/c22-14(17-6-8-20-9-10-24-15(20)23)13-11-21(19-18-13)7-4-12-3-1-2-5-16-12/h11-12,16H,1-10H2,(H,17,22)/t12-/m0/s1. The Labute approximate surface area is 140 Å². The van der Waals surface area contributed by atoms with Crippen LogP contribution in [0.25, 0.3) is 0 Å². The second-order valence-electron chi connectivity index (χ2n) is 6.16. The molecule has 2 N–H and O–H groups in total. The topological polar surface area (TPSA) is 101 Å². The molecule has 0 radical (unpaired) electrons. The maximum Gasteiger partial charge on any atom is 0.409 e. The summed E-state index contributed by atoms with van der Waals surface area (Å²) in [5.74, 6) is -0.274. The fraction of sp³-hybridized carbons (Fsp3) is 0.733. The lowest BCUT2D eigenvalue weighted by atomic mass is 10.0. The number of nitrogens with one attached hydrogen (secondary N) is 2. The first-order chi connectivity index (χ1) is 11.7. The number of cyclic esters (lactones) is 1. The molecule has 0 unspecified atom stereocenters. The molecule has 9 nitrogen and oxygen atoms in total. The van der Waals surface area contributed by atoms with Crippen molar-refractivity contribution in [1.82, 2.24) is 30.5 Å². The molecular weight excluding hydrogens is 312 g/mol. The molecule has 2 saturated heterocycles. The molecule has 1 atom stereocenters. The first-order valence-corrected chi connectivity index (χ1v) is 8.56. The van der Waals surface area contributed by atoms with E-state index in [0.29, 0.717) is 38.0 Å². The van der Waals surface area contributed by atoms with Crippen LogP contribution in [-0.2, 0) is 11.3 Å². The van der Waals surface area contributed by atoms with Gasteiger partial charge in [0.2, 0.25) is 0 Å². The lowest BCUT2D eigenvalue weighted by Crippen LogP contribution is -2.35. The SMILES string of the molecule is O=C(NCCN1CCOC1=O)c1cn(CC[C@@H]2CCCCN2)nn1. The largest absolute Gasteiger partial charge is 0.448 e. The molecule has 2 aliphatic heterocycles. The number of carbonyl (C=O) groups excluding carboxylic acids is 2. The van der Waals surface area contributed by atoms with Crippen LogP contribution in [0.4, 0.5) is 4.79 Å². The van der Waals surface area contributed by atoms with Crippen LogP contribution in [0.2, 0.25) is 0 Å². The van der Waals surface area contributed by atoms with E-state index in [1.807, 2.05) is 0 Å². The number of nitrogens with zero attached hydrogens (tertiary/aromatic N) is 4. The van der Waals surface area contributed by atoms with Gasteiger partial charge in [0, 0.05) is 25.7 Å². The van der Waals surface area contributed by atoms with E-state index in [9.17, 15) is 9.59 Å². The van der Waals surface area contributed by atoms with Gasteiger partial charge in [-0.1, -0.05) is 11.6 Å². The molecule has 24 heavy (non-hydrogen) atoms. The molecule has 0 spiro atoms. The second-order valence-corrected chi connectivity index (χ2v) is 6.16. The van der Waals surface area contributed by atoms with Gasteiger partial charge in [-0.05, 0) is 25.8 Å². The van der Waals surface area contributed by atoms with E-state index in [2.05, 4.69) is 20.9 Å². The second kappa shape index (κ2) is 8.09. The smallest absolute Gasteiger partial charge is 0.409 e. The lowest BCUT2D eigenvalue weighted by Gasteiger charge is -2.23. The van der Waals surface area contributed by atoms with Crippen molar-refractivity contribution in [3.05, 3.63) is 11.9 Å². The number of rotatable bonds is 7. The first-order valence-electron chi connectivity index (χ1n) is 8.56. The third kappa shape index (κ3) is 4.44. The summed E-state index contributed by atoms with van der Waals surface area (Å²) in [5, 5.41) is 14.2. The summed E-state index contributed by atoms with van der Waals surface area (Å²) >= 11 is 0. The van der Waals surface area contributed by atoms with E-state index in [4.69, 9.17) is 4.74 Å². The van der Waals surface area contributed by atoms with Gasteiger partial charge in [0.15, 0.2) is 5.69 Å². The van der Waals surface area contributed by atoms with Crippen molar-refractivity contribution < 1.29 is 14.3 Å². The van der Waals surface area contributed by atoms with Crippen molar-refractivity contribution >= 4 is 12.0 Å². The molecular formula is C15H24N6O3. The quantitative estimate of drug-likeness (QED) is 0.726. The van der Waals surface area contributed by atoms with Gasteiger partial charge in [-0.15, -0.1) is 5.10 Å². The van der Waals surface area contributed by atoms with Crippen LogP contribution in [0.5, 0.6) is 0 Å². The van der Waals surface area contributed by atoms with Gasteiger partial charge in [0.05, 0.1) is 12.7 Å². The monoisotopic (exact) mass is 336 g/mol. The normalized spacial score (nSPS) is 20.9. The van der Waals surface area contributed by atoms with Gasteiger partial charge in [-0.2, -0.15) is 0 Å². The minimum Gasteiger partial charge on any atom is -0.448 e. The minimum atomic E-state index is -0.327. The zero-order chi connectivity index (χ0) is 16.8. The van der Waals surface area contributed by atoms with Crippen LogP contribution in [0.3, 0.4) is 0 Å². The predicted octanol–water partition coefficient (Wildman–Crippen LogP) is -0.00770. The molecule has 2 aliphatic rings. The van der Waals surface area contributed by atoms with E-state index in [0.717, 1.165) is 19.5 Å². The van der Waals surface area contributed by atoms with Crippen LogP contribution in [0.15, 0.2) is 6.20 Å². The highest BCUT2D eigenvalue weighted by Crippen LogP contribution is 2.10. The van der Waals surface area contributed by atoms with Gasteiger partial charge in [0.25, 0.3) is 5.91 Å². The van der Waals surface area contributed by atoms with Gasteiger partial charge in [0.1, 0.15) is 6.61 Å². The van der Waals surface area contributed by atoms with Crippen molar-refractivity contribution in [1.29, 1.82) is 0 Å². The van der Waals surface area contributed by atoms with Gasteiger partial charge in [-0.3, -0.25) is 9.48 Å². The summed E-state index contributed by atoms with van der Waals surface area (Å²) in [6, 6.07) is 0.528. The molecule has 3 rings (SSSR count). The van der Waals surface area contributed by atoms with Crippen LogP contribution < -0.4 is 10.6 Å². The van der Waals surface area contributed by atoms with E-state index in [-0.39, 0.29) is 12.0 Å². The number of hydrogen-bond acceptors (Lipinski definition) is 6. The number of amides is 2. The Morgan fingerprint density at radius 1 is 1.42 bits per heavy atom. The molecule has 0 aliphatic carbocycles. The number of aryl methyl sites for hydroxylation is 1. The van der Waals surface area contributed by atoms with Gasteiger partial charge >= 0.3 is 6.09 Å². The Kier molecular flexibility index (Phi) is 5.63. The highest BCUT2D eigenvalue weighted by molar-refractivity contribution is 5.91. The highest BCUT2D eigenvalue weighted by Gasteiger charge is 2.21.